The van der Waals surface area contributed by atoms with Crippen molar-refractivity contribution in [3.63, 3.8) is 0 Å². The predicted molar refractivity (Wildman–Crippen MR) is 103 cm³/mol. The van der Waals surface area contributed by atoms with Crippen LogP contribution in [0.5, 0.6) is 5.75 Å². The number of nitrogens with one attached hydrogen (secondary N) is 1. The van der Waals surface area contributed by atoms with Gasteiger partial charge in [0.1, 0.15) is 5.75 Å². The van der Waals surface area contributed by atoms with Gasteiger partial charge in [-0.3, -0.25) is 14.6 Å². The van der Waals surface area contributed by atoms with Crippen molar-refractivity contribution in [3.05, 3.63) is 47.3 Å². The van der Waals surface area contributed by atoms with E-state index in [0.29, 0.717) is 19.5 Å². The van der Waals surface area contributed by atoms with Gasteiger partial charge in [0.05, 0.1) is 18.8 Å². The molecule has 1 amide bonds. The Kier molecular flexibility index (Phi) is 7.54. The molecule has 2 heterocycles. The summed E-state index contributed by atoms with van der Waals surface area (Å²) in [6.07, 6.45) is 0.630. The van der Waals surface area contributed by atoms with E-state index in [1.165, 1.54) is 12.1 Å². The summed E-state index contributed by atoms with van der Waals surface area (Å²) in [6, 6.07) is 8.39. The fraction of sp³-hybridized carbons (Fsp3) is 0.500. The second kappa shape index (κ2) is 10.3. The summed E-state index contributed by atoms with van der Waals surface area (Å²) in [6.45, 7) is 4.09. The zero-order valence-electron chi connectivity index (χ0n) is 16.4. The fourth-order valence-electron chi connectivity index (χ4n) is 3.26. The van der Waals surface area contributed by atoms with Gasteiger partial charge >= 0.3 is 6.61 Å². The average Bonchev–Trinajstić information content (AvgIpc) is 3.09. The molecule has 0 atom stereocenters. The summed E-state index contributed by atoms with van der Waals surface area (Å²) in [5.41, 5.74) is 1.83. The first-order valence-electron chi connectivity index (χ1n) is 9.65. The quantitative estimate of drug-likeness (QED) is 0.685. The molecule has 0 unspecified atom stereocenters. The number of nitrogens with zero attached hydrogens (tertiary/aromatic N) is 3. The van der Waals surface area contributed by atoms with E-state index >= 15 is 0 Å². The second-order valence-electron chi connectivity index (χ2n) is 7.11. The van der Waals surface area contributed by atoms with E-state index in [2.05, 4.69) is 25.0 Å². The standard InChI is InChI=1S/C20H26F2N4O3/c1-15-12-18(29-24-15)13-25-8-10-26(11-9-25)14-19(27)23-7-6-16-2-4-17(5-3-16)28-20(21)22/h2-5,12,20H,6-11,13-14H2,1H3,(H,23,27). The molecule has 9 heteroatoms. The SMILES string of the molecule is Cc1cc(CN2CCN(CC(=O)NCCc3ccc(OC(F)F)cc3)CC2)on1. The molecular weight excluding hydrogens is 382 g/mol. The van der Waals surface area contributed by atoms with Crippen molar-refractivity contribution in [2.75, 3.05) is 39.3 Å². The van der Waals surface area contributed by atoms with Crippen molar-refractivity contribution in [2.45, 2.75) is 26.5 Å². The number of carbonyl (C=O) groups is 1. The molecule has 1 aromatic carbocycles. The highest BCUT2D eigenvalue weighted by Crippen LogP contribution is 2.15. The van der Waals surface area contributed by atoms with Crippen LogP contribution in [0, 0.1) is 6.92 Å². The van der Waals surface area contributed by atoms with Crippen LogP contribution >= 0.6 is 0 Å². The molecular formula is C20H26F2N4O3. The molecule has 3 rings (SSSR count). The molecule has 0 radical (unpaired) electrons. The Morgan fingerprint density at radius 1 is 1.21 bits per heavy atom. The lowest BCUT2D eigenvalue weighted by atomic mass is 10.1. The number of hydrogen-bond donors (Lipinski definition) is 1. The molecule has 7 nitrogen and oxygen atoms in total. The fourth-order valence-corrected chi connectivity index (χ4v) is 3.26. The van der Waals surface area contributed by atoms with Crippen molar-refractivity contribution in [3.8, 4) is 5.75 Å². The Morgan fingerprint density at radius 3 is 2.52 bits per heavy atom. The van der Waals surface area contributed by atoms with Gasteiger partial charge in [0, 0.05) is 38.8 Å². The zero-order valence-corrected chi connectivity index (χ0v) is 16.4. The Labute approximate surface area is 168 Å². The average molecular weight is 408 g/mol. The Hall–Kier alpha value is -2.52. The number of benzene rings is 1. The summed E-state index contributed by atoms with van der Waals surface area (Å²) < 4.78 is 33.9. The highest BCUT2D eigenvalue weighted by Gasteiger charge is 2.20. The highest BCUT2D eigenvalue weighted by molar-refractivity contribution is 5.78. The minimum atomic E-state index is -2.83. The monoisotopic (exact) mass is 408 g/mol. The Morgan fingerprint density at radius 2 is 1.90 bits per heavy atom. The van der Waals surface area contributed by atoms with Crippen LogP contribution in [-0.2, 0) is 17.8 Å². The summed E-state index contributed by atoms with van der Waals surface area (Å²) in [7, 11) is 0. The maximum Gasteiger partial charge on any atom is 0.387 e. The summed E-state index contributed by atoms with van der Waals surface area (Å²) >= 11 is 0. The number of halogens is 2. The lowest BCUT2D eigenvalue weighted by molar-refractivity contribution is -0.122. The first kappa shape index (κ1) is 21.2. The molecule has 158 valence electrons. The Bertz CT molecular complexity index is 774. The number of alkyl halides is 2. The van der Waals surface area contributed by atoms with E-state index in [9.17, 15) is 13.6 Å². The lowest BCUT2D eigenvalue weighted by Gasteiger charge is -2.33. The van der Waals surface area contributed by atoms with Crippen molar-refractivity contribution >= 4 is 5.91 Å². The molecule has 0 aliphatic carbocycles. The van der Waals surface area contributed by atoms with Crippen LogP contribution in [0.2, 0.25) is 0 Å². The summed E-state index contributed by atoms with van der Waals surface area (Å²) in [5.74, 6) is 0.981. The molecule has 1 N–H and O–H groups in total. The van der Waals surface area contributed by atoms with Gasteiger partial charge in [-0.1, -0.05) is 17.3 Å². The van der Waals surface area contributed by atoms with Gasteiger partial charge in [0.2, 0.25) is 5.91 Å². The summed E-state index contributed by atoms with van der Waals surface area (Å²) in [5, 5.41) is 6.81. The second-order valence-corrected chi connectivity index (χ2v) is 7.11. The predicted octanol–water partition coefficient (Wildman–Crippen LogP) is 2.06. The molecule has 2 aromatic rings. The van der Waals surface area contributed by atoms with Crippen LogP contribution in [0.1, 0.15) is 17.0 Å². The lowest BCUT2D eigenvalue weighted by Crippen LogP contribution is -2.49. The molecule has 29 heavy (non-hydrogen) atoms. The topological polar surface area (TPSA) is 70.8 Å². The van der Waals surface area contributed by atoms with Crippen LogP contribution in [0.4, 0.5) is 8.78 Å². The maximum absolute atomic E-state index is 12.2. The third kappa shape index (κ3) is 7.10. The number of ether oxygens (including phenoxy) is 1. The van der Waals surface area contributed by atoms with Crippen molar-refractivity contribution in [2.24, 2.45) is 0 Å². The van der Waals surface area contributed by atoms with Gasteiger partial charge in [-0.05, 0) is 31.0 Å². The Balaban J connectivity index is 1.31. The molecule has 1 fully saturated rings. The minimum Gasteiger partial charge on any atom is -0.435 e. The number of piperazine rings is 1. The highest BCUT2D eigenvalue weighted by atomic mass is 19.3. The van der Waals surface area contributed by atoms with Gasteiger partial charge in [0.25, 0.3) is 0 Å². The van der Waals surface area contributed by atoms with Crippen molar-refractivity contribution in [1.29, 1.82) is 0 Å². The van der Waals surface area contributed by atoms with E-state index < -0.39 is 6.61 Å². The molecule has 0 bridgehead atoms. The number of hydrogen-bond acceptors (Lipinski definition) is 6. The number of aromatic nitrogens is 1. The number of amides is 1. The van der Waals surface area contributed by atoms with Gasteiger partial charge in [-0.2, -0.15) is 8.78 Å². The van der Waals surface area contributed by atoms with Crippen LogP contribution in [-0.4, -0.2) is 66.7 Å². The van der Waals surface area contributed by atoms with E-state index in [0.717, 1.165) is 49.7 Å². The van der Waals surface area contributed by atoms with Gasteiger partial charge in [0.15, 0.2) is 5.76 Å². The minimum absolute atomic E-state index is 0.0121. The van der Waals surface area contributed by atoms with Gasteiger partial charge in [-0.25, -0.2) is 0 Å². The first-order chi connectivity index (χ1) is 14.0. The molecule has 0 saturated carbocycles. The van der Waals surface area contributed by atoms with E-state index in [4.69, 9.17) is 4.52 Å². The van der Waals surface area contributed by atoms with Crippen molar-refractivity contribution < 1.29 is 22.8 Å². The third-order valence-electron chi connectivity index (χ3n) is 4.77. The van der Waals surface area contributed by atoms with Crippen LogP contribution in [0.25, 0.3) is 0 Å². The van der Waals surface area contributed by atoms with Crippen LogP contribution < -0.4 is 10.1 Å². The normalized spacial score (nSPS) is 15.6. The van der Waals surface area contributed by atoms with E-state index in [-0.39, 0.29) is 11.7 Å². The molecule has 1 aliphatic rings. The van der Waals surface area contributed by atoms with Crippen LogP contribution in [0.3, 0.4) is 0 Å². The number of rotatable bonds is 9. The zero-order chi connectivity index (χ0) is 20.6. The molecule has 1 aromatic heterocycles. The largest absolute Gasteiger partial charge is 0.435 e. The van der Waals surface area contributed by atoms with Gasteiger partial charge < -0.3 is 14.6 Å². The number of aryl methyl sites for hydroxylation is 1. The summed E-state index contributed by atoms with van der Waals surface area (Å²) in [4.78, 5) is 16.6. The third-order valence-corrected chi connectivity index (χ3v) is 4.77. The first-order valence-corrected chi connectivity index (χ1v) is 9.65. The van der Waals surface area contributed by atoms with Crippen LogP contribution in [0.15, 0.2) is 34.9 Å². The molecule has 1 aliphatic heterocycles. The maximum atomic E-state index is 12.2. The van der Waals surface area contributed by atoms with E-state index in [1.807, 2.05) is 13.0 Å². The van der Waals surface area contributed by atoms with Crippen molar-refractivity contribution in [1.82, 2.24) is 20.3 Å². The molecule has 1 saturated heterocycles. The smallest absolute Gasteiger partial charge is 0.387 e. The van der Waals surface area contributed by atoms with Gasteiger partial charge in [-0.15, -0.1) is 0 Å². The number of carbonyl (C=O) groups excluding carboxylic acids is 1. The molecule has 0 spiro atoms. The van der Waals surface area contributed by atoms with E-state index in [1.54, 1.807) is 12.1 Å².